The Labute approximate surface area is 109 Å². The Morgan fingerprint density at radius 3 is 2.39 bits per heavy atom. The highest BCUT2D eigenvalue weighted by molar-refractivity contribution is 5.82. The van der Waals surface area contributed by atoms with Crippen LogP contribution < -0.4 is 10.6 Å². The lowest BCUT2D eigenvalue weighted by atomic mass is 9.96. The minimum absolute atomic E-state index is 0.0522. The second-order valence-corrected chi connectivity index (χ2v) is 5.59. The zero-order valence-corrected chi connectivity index (χ0v) is 11.9. The molecule has 18 heavy (non-hydrogen) atoms. The number of aliphatic hydroxyl groups excluding tert-OH is 1. The second-order valence-electron chi connectivity index (χ2n) is 5.59. The molecule has 0 aliphatic rings. The normalized spacial score (nSPS) is 12.9. The molecule has 0 aromatic heterocycles. The number of hydrogen-bond acceptors (Lipinski definition) is 3. The first-order valence-electron chi connectivity index (χ1n) is 6.46. The van der Waals surface area contributed by atoms with Crippen LogP contribution in [0.4, 0.5) is 0 Å². The number of amides is 2. The molecule has 0 saturated carbocycles. The van der Waals surface area contributed by atoms with Crippen molar-refractivity contribution >= 4 is 11.8 Å². The van der Waals surface area contributed by atoms with E-state index in [-0.39, 0.29) is 30.9 Å². The summed E-state index contributed by atoms with van der Waals surface area (Å²) >= 11 is 0. The molecule has 0 bridgehead atoms. The maximum atomic E-state index is 11.5. The van der Waals surface area contributed by atoms with E-state index in [1.165, 1.54) is 0 Å². The topological polar surface area (TPSA) is 78.4 Å². The van der Waals surface area contributed by atoms with E-state index in [0.29, 0.717) is 13.0 Å². The van der Waals surface area contributed by atoms with Crippen LogP contribution in [0.2, 0.25) is 0 Å². The highest BCUT2D eigenvalue weighted by Crippen LogP contribution is 2.12. The van der Waals surface area contributed by atoms with E-state index in [2.05, 4.69) is 10.6 Å². The van der Waals surface area contributed by atoms with E-state index in [1.54, 1.807) is 0 Å². The van der Waals surface area contributed by atoms with Crippen LogP contribution in [-0.2, 0) is 9.59 Å². The summed E-state index contributed by atoms with van der Waals surface area (Å²) in [6.45, 7) is 7.90. The van der Waals surface area contributed by atoms with Crippen LogP contribution in [0.15, 0.2) is 0 Å². The van der Waals surface area contributed by atoms with Gasteiger partial charge in [-0.2, -0.15) is 0 Å². The predicted molar refractivity (Wildman–Crippen MR) is 71.0 cm³/mol. The van der Waals surface area contributed by atoms with Crippen molar-refractivity contribution < 1.29 is 14.7 Å². The molecule has 0 aliphatic carbocycles. The van der Waals surface area contributed by atoms with Crippen LogP contribution >= 0.6 is 0 Å². The van der Waals surface area contributed by atoms with Gasteiger partial charge >= 0.3 is 0 Å². The Morgan fingerprint density at radius 1 is 1.28 bits per heavy atom. The Hall–Kier alpha value is -1.10. The molecule has 0 rings (SSSR count). The van der Waals surface area contributed by atoms with Crippen LogP contribution in [0, 0.1) is 5.41 Å². The highest BCUT2D eigenvalue weighted by atomic mass is 16.3. The number of rotatable bonds is 7. The predicted octanol–water partition coefficient (Wildman–Crippen LogP) is 0.816. The van der Waals surface area contributed by atoms with Gasteiger partial charge in [-0.1, -0.05) is 20.8 Å². The van der Waals surface area contributed by atoms with Gasteiger partial charge < -0.3 is 15.7 Å². The molecule has 5 heteroatoms. The molecule has 1 unspecified atom stereocenters. The fraction of sp³-hybridized carbons (Fsp3) is 0.846. The zero-order valence-electron chi connectivity index (χ0n) is 11.9. The van der Waals surface area contributed by atoms with Crippen molar-refractivity contribution in [1.29, 1.82) is 0 Å². The van der Waals surface area contributed by atoms with Gasteiger partial charge in [0.25, 0.3) is 0 Å². The van der Waals surface area contributed by atoms with Gasteiger partial charge in [-0.15, -0.1) is 0 Å². The van der Waals surface area contributed by atoms with Gasteiger partial charge in [0, 0.05) is 31.0 Å². The zero-order chi connectivity index (χ0) is 14.2. The first-order chi connectivity index (χ1) is 8.27. The molecule has 0 aromatic rings. The Balaban J connectivity index is 3.75. The molecule has 0 heterocycles. The fourth-order valence-corrected chi connectivity index (χ4v) is 1.37. The van der Waals surface area contributed by atoms with Crippen molar-refractivity contribution in [3.05, 3.63) is 0 Å². The van der Waals surface area contributed by atoms with E-state index < -0.39 is 5.41 Å². The molecular formula is C13H26N2O3. The van der Waals surface area contributed by atoms with Gasteiger partial charge in [-0.3, -0.25) is 9.59 Å². The van der Waals surface area contributed by atoms with E-state index in [0.717, 1.165) is 6.42 Å². The van der Waals surface area contributed by atoms with E-state index in [1.807, 2.05) is 27.7 Å². The van der Waals surface area contributed by atoms with Gasteiger partial charge in [-0.25, -0.2) is 0 Å². The summed E-state index contributed by atoms with van der Waals surface area (Å²) in [5, 5.41) is 14.2. The van der Waals surface area contributed by atoms with Crippen LogP contribution in [0.1, 0.15) is 47.0 Å². The molecule has 0 radical (unpaired) electrons. The van der Waals surface area contributed by atoms with Crippen molar-refractivity contribution in [3.8, 4) is 0 Å². The summed E-state index contributed by atoms with van der Waals surface area (Å²) in [5.41, 5.74) is -0.426. The van der Waals surface area contributed by atoms with Crippen molar-refractivity contribution in [1.82, 2.24) is 10.6 Å². The average Bonchev–Trinajstić information content (AvgIpc) is 2.24. The lowest BCUT2D eigenvalue weighted by molar-refractivity contribution is -0.128. The highest BCUT2D eigenvalue weighted by Gasteiger charge is 2.20. The lowest BCUT2D eigenvalue weighted by Gasteiger charge is -2.18. The molecule has 5 nitrogen and oxygen atoms in total. The van der Waals surface area contributed by atoms with Crippen LogP contribution in [0.25, 0.3) is 0 Å². The maximum absolute atomic E-state index is 11.5. The fourth-order valence-electron chi connectivity index (χ4n) is 1.37. The number of carbonyl (C=O) groups excluding carboxylic acids is 2. The van der Waals surface area contributed by atoms with Crippen molar-refractivity contribution in [2.24, 2.45) is 5.41 Å². The molecule has 0 saturated heterocycles. The Kier molecular flexibility index (Phi) is 7.59. The number of aliphatic hydroxyl groups is 1. The lowest BCUT2D eigenvalue weighted by Crippen LogP contribution is -2.39. The van der Waals surface area contributed by atoms with Gasteiger partial charge in [0.1, 0.15) is 0 Å². The van der Waals surface area contributed by atoms with Crippen LogP contribution in [-0.4, -0.2) is 36.1 Å². The molecule has 3 N–H and O–H groups in total. The summed E-state index contributed by atoms with van der Waals surface area (Å²) in [7, 11) is 0. The van der Waals surface area contributed by atoms with E-state index in [4.69, 9.17) is 5.11 Å². The first kappa shape index (κ1) is 16.9. The van der Waals surface area contributed by atoms with Gasteiger partial charge in [0.05, 0.1) is 0 Å². The molecular weight excluding hydrogens is 232 g/mol. The molecule has 1 atom stereocenters. The largest absolute Gasteiger partial charge is 0.396 e. The monoisotopic (exact) mass is 258 g/mol. The minimum Gasteiger partial charge on any atom is -0.396 e. The smallest absolute Gasteiger partial charge is 0.225 e. The van der Waals surface area contributed by atoms with Crippen molar-refractivity contribution in [2.75, 3.05) is 13.2 Å². The summed E-state index contributed by atoms with van der Waals surface area (Å²) in [5.74, 6) is -0.127. The van der Waals surface area contributed by atoms with Crippen molar-refractivity contribution in [2.45, 2.75) is 53.0 Å². The standard InChI is InChI=1S/C13H26N2O3/c1-10(6-5-9-16)15-11(17)7-8-14-12(18)13(2,3)4/h10,16H,5-9H2,1-4H3,(H,14,18)(H,15,17). The first-order valence-corrected chi connectivity index (χ1v) is 6.46. The SMILES string of the molecule is CC(CCCO)NC(=O)CCNC(=O)C(C)(C)C. The van der Waals surface area contributed by atoms with Crippen molar-refractivity contribution in [3.63, 3.8) is 0 Å². The van der Waals surface area contributed by atoms with Gasteiger partial charge in [-0.05, 0) is 19.8 Å². The minimum atomic E-state index is -0.426. The molecule has 2 amide bonds. The third kappa shape index (κ3) is 8.06. The molecule has 0 fully saturated rings. The number of carbonyl (C=O) groups is 2. The molecule has 0 spiro atoms. The Bertz CT molecular complexity index is 272. The molecule has 0 aliphatic heterocycles. The van der Waals surface area contributed by atoms with E-state index >= 15 is 0 Å². The summed E-state index contributed by atoms with van der Waals surface area (Å²) in [6, 6.07) is 0.0583. The van der Waals surface area contributed by atoms with Crippen LogP contribution in [0.5, 0.6) is 0 Å². The summed E-state index contributed by atoms with van der Waals surface area (Å²) in [4.78, 5) is 23.1. The molecule has 0 aromatic carbocycles. The molecule has 106 valence electrons. The second kappa shape index (κ2) is 8.08. The third-order valence-corrected chi connectivity index (χ3v) is 2.52. The van der Waals surface area contributed by atoms with Gasteiger partial charge in [0.15, 0.2) is 0 Å². The summed E-state index contributed by atoms with van der Waals surface area (Å²) in [6.07, 6.45) is 1.73. The number of nitrogens with one attached hydrogen (secondary N) is 2. The van der Waals surface area contributed by atoms with Crippen LogP contribution in [0.3, 0.4) is 0 Å². The average molecular weight is 258 g/mol. The van der Waals surface area contributed by atoms with Gasteiger partial charge in [0.2, 0.25) is 11.8 Å². The third-order valence-electron chi connectivity index (χ3n) is 2.52. The summed E-state index contributed by atoms with van der Waals surface area (Å²) < 4.78 is 0. The Morgan fingerprint density at radius 2 is 1.89 bits per heavy atom. The number of hydrogen-bond donors (Lipinski definition) is 3. The maximum Gasteiger partial charge on any atom is 0.225 e. The quantitative estimate of drug-likeness (QED) is 0.632. The van der Waals surface area contributed by atoms with E-state index in [9.17, 15) is 9.59 Å².